The Morgan fingerprint density at radius 3 is 1.00 bits per heavy atom. The summed E-state index contributed by atoms with van der Waals surface area (Å²) < 4.78 is 34.1. The van der Waals surface area contributed by atoms with Crippen molar-refractivity contribution in [3.8, 4) is 0 Å². The van der Waals surface area contributed by atoms with Gasteiger partial charge in [0.25, 0.3) is 0 Å². The molecule has 64 valence electrons. The monoisotopic (exact) mass is 262 g/mol. The van der Waals surface area contributed by atoms with Crippen LogP contribution in [0.2, 0.25) is 0 Å². The first kappa shape index (κ1) is 36.1. The molecule has 0 atom stereocenters. The molecule has 0 aromatic carbocycles. The van der Waals surface area contributed by atoms with Gasteiger partial charge >= 0.3 is 94.8 Å². The number of hydrogen-bond acceptors (Lipinski definition) is 5. The molecule has 13 heavy (non-hydrogen) atoms. The largest absolute Gasteiger partial charge is 1.00 e. The SMILES string of the molecule is O=C(O)O.O=S(=O)([O-])[O-].[Cl-].[Na+].[Na+].[Na+]. The summed E-state index contributed by atoms with van der Waals surface area (Å²) in [6.07, 6.45) is -1.83. The summed E-state index contributed by atoms with van der Waals surface area (Å²) in [4.78, 5) is 8.56. The van der Waals surface area contributed by atoms with Gasteiger partial charge in [-0.25, -0.2) is 4.79 Å². The van der Waals surface area contributed by atoms with Crippen LogP contribution in [0.4, 0.5) is 4.79 Å². The van der Waals surface area contributed by atoms with E-state index in [-0.39, 0.29) is 101 Å². The number of rotatable bonds is 0. The molecule has 2 N–H and O–H groups in total. The average molecular weight is 263 g/mol. The van der Waals surface area contributed by atoms with Gasteiger partial charge in [-0.1, -0.05) is 0 Å². The standard InChI is InChI=1S/CH2O3.ClH.3Na.H2O4S/c2-1(3)4;;;;;1-5(2,3)4/h(H2,2,3,4);1H;;;;(H2,1,2,3,4)/q;;3*+1;/p-3. The molecule has 0 heterocycles. The maximum Gasteiger partial charge on any atom is 1.00 e. The molecule has 0 aliphatic heterocycles. The van der Waals surface area contributed by atoms with Crippen molar-refractivity contribution in [2.45, 2.75) is 0 Å². The summed E-state index contributed by atoms with van der Waals surface area (Å²) in [6.45, 7) is 0. The van der Waals surface area contributed by atoms with Crippen molar-refractivity contribution in [1.29, 1.82) is 0 Å². The predicted octanol–water partition coefficient (Wildman–Crippen LogP) is -13.1. The maximum absolute atomic E-state index is 8.56. The van der Waals surface area contributed by atoms with Gasteiger partial charge < -0.3 is 31.7 Å². The molecule has 0 unspecified atom stereocenters. The van der Waals surface area contributed by atoms with Gasteiger partial charge in [-0.2, -0.15) is 0 Å². The second-order valence-corrected chi connectivity index (χ2v) is 1.51. The van der Waals surface area contributed by atoms with Gasteiger partial charge in [0.15, 0.2) is 0 Å². The van der Waals surface area contributed by atoms with E-state index in [1.165, 1.54) is 0 Å². The molecule has 12 heteroatoms. The zero-order valence-electron chi connectivity index (χ0n) is 7.22. The van der Waals surface area contributed by atoms with Crippen LogP contribution in [0.5, 0.6) is 0 Å². The van der Waals surface area contributed by atoms with Crippen molar-refractivity contribution in [2.24, 2.45) is 0 Å². The number of halogens is 1. The number of carboxylic acid groups (broad SMARTS) is 2. The van der Waals surface area contributed by atoms with Gasteiger partial charge in [0.2, 0.25) is 0 Å². The molecule has 7 nitrogen and oxygen atoms in total. The van der Waals surface area contributed by atoms with Crippen LogP contribution in [-0.2, 0) is 10.4 Å². The molecule has 0 amide bonds. The van der Waals surface area contributed by atoms with Crippen LogP contribution in [0.1, 0.15) is 0 Å². The van der Waals surface area contributed by atoms with Crippen molar-refractivity contribution >= 4 is 16.6 Å². The van der Waals surface area contributed by atoms with Crippen molar-refractivity contribution in [1.82, 2.24) is 0 Å². The van der Waals surface area contributed by atoms with Crippen LogP contribution in [0.3, 0.4) is 0 Å². The Kier molecular flexibility index (Phi) is 55.4. The molecule has 0 saturated heterocycles. The molecule has 0 aliphatic carbocycles. The van der Waals surface area contributed by atoms with Crippen LogP contribution >= 0.6 is 0 Å². The molecule has 0 aromatic heterocycles. The van der Waals surface area contributed by atoms with Crippen LogP contribution in [0.25, 0.3) is 0 Å². The minimum atomic E-state index is -5.17. The zero-order chi connectivity index (χ0) is 8.08. The molecule has 0 spiro atoms. The molecule has 0 fully saturated rings. The second-order valence-electron chi connectivity index (χ2n) is 0.691. The first-order valence-corrected chi connectivity index (χ1v) is 2.65. The molecule has 0 saturated carbocycles. The Labute approximate surface area is 148 Å². The molecule has 0 radical (unpaired) electrons. The topological polar surface area (TPSA) is 138 Å². The minimum absolute atomic E-state index is 0. The van der Waals surface area contributed by atoms with E-state index in [2.05, 4.69) is 0 Å². The zero-order valence-corrected chi connectivity index (χ0v) is 14.8. The summed E-state index contributed by atoms with van der Waals surface area (Å²) >= 11 is 0. The molecule has 0 aliphatic rings. The fourth-order valence-corrected chi connectivity index (χ4v) is 0. The third kappa shape index (κ3) is 378. The first-order chi connectivity index (χ1) is 3.73. The Bertz CT molecular complexity index is 166. The summed E-state index contributed by atoms with van der Waals surface area (Å²) in [5.74, 6) is 0. The van der Waals surface area contributed by atoms with Gasteiger partial charge in [0, 0.05) is 10.4 Å². The fourth-order valence-electron chi connectivity index (χ4n) is 0. The molecular weight excluding hydrogens is 260 g/mol. The van der Waals surface area contributed by atoms with Gasteiger partial charge in [-0.15, -0.1) is 0 Å². The third-order valence-corrected chi connectivity index (χ3v) is 0. The summed E-state index contributed by atoms with van der Waals surface area (Å²) in [7, 11) is -5.17. The first-order valence-electron chi connectivity index (χ1n) is 1.32. The van der Waals surface area contributed by atoms with Crippen LogP contribution in [0.15, 0.2) is 0 Å². The Balaban J connectivity index is -0.0000000146. The Morgan fingerprint density at radius 2 is 1.00 bits per heavy atom. The number of hydrogen-bond donors (Lipinski definition) is 2. The summed E-state index contributed by atoms with van der Waals surface area (Å²) in [5.41, 5.74) is 0. The van der Waals surface area contributed by atoms with E-state index in [0.717, 1.165) is 0 Å². The van der Waals surface area contributed by atoms with Crippen LogP contribution in [-0.4, -0.2) is 33.9 Å². The predicted molar refractivity (Wildman–Crippen MR) is 21.1 cm³/mol. The van der Waals surface area contributed by atoms with E-state index in [4.69, 9.17) is 32.5 Å². The van der Waals surface area contributed by atoms with Crippen LogP contribution < -0.4 is 101 Å². The molecule has 0 aromatic rings. The fraction of sp³-hybridized carbons (Fsp3) is 0. The van der Waals surface area contributed by atoms with Gasteiger partial charge in [0.05, 0.1) is 0 Å². The average Bonchev–Trinajstić information content (AvgIpc) is 1.19. The van der Waals surface area contributed by atoms with Crippen molar-refractivity contribution in [3.05, 3.63) is 0 Å². The van der Waals surface area contributed by atoms with E-state index in [1.807, 2.05) is 0 Å². The minimum Gasteiger partial charge on any atom is -1.00 e. The maximum atomic E-state index is 8.56. The van der Waals surface area contributed by atoms with Gasteiger partial charge in [-0.05, 0) is 0 Å². The second kappa shape index (κ2) is 19.9. The van der Waals surface area contributed by atoms with Crippen molar-refractivity contribution in [2.75, 3.05) is 0 Å². The normalized spacial score (nSPS) is 6.31. The van der Waals surface area contributed by atoms with E-state index in [0.29, 0.717) is 0 Å². The summed E-state index contributed by atoms with van der Waals surface area (Å²) in [6, 6.07) is 0. The van der Waals surface area contributed by atoms with Gasteiger partial charge in [0.1, 0.15) is 0 Å². The van der Waals surface area contributed by atoms with E-state index >= 15 is 0 Å². The van der Waals surface area contributed by atoms with Crippen molar-refractivity contribution in [3.63, 3.8) is 0 Å². The Hall–Kier alpha value is 2.43. The third-order valence-electron chi connectivity index (χ3n) is 0. The summed E-state index contributed by atoms with van der Waals surface area (Å²) in [5, 5.41) is 13.9. The molecule has 0 rings (SSSR count). The molecule has 0 bridgehead atoms. The van der Waals surface area contributed by atoms with Gasteiger partial charge in [-0.3, -0.25) is 8.42 Å². The quantitative estimate of drug-likeness (QED) is 0.251. The van der Waals surface area contributed by atoms with Crippen molar-refractivity contribution < 1.29 is 134 Å². The van der Waals surface area contributed by atoms with Crippen LogP contribution in [0, 0.1) is 0 Å². The van der Waals surface area contributed by atoms with E-state index in [9.17, 15) is 0 Å². The Morgan fingerprint density at radius 1 is 1.00 bits per heavy atom. The smallest absolute Gasteiger partial charge is 1.00 e. The molecular formula is CH2ClNa3O7S. The number of carbonyl (C=O) groups is 1. The van der Waals surface area contributed by atoms with E-state index in [1.54, 1.807) is 0 Å². The van der Waals surface area contributed by atoms with E-state index < -0.39 is 16.6 Å².